The average molecular weight is 539 g/mol. The maximum Gasteiger partial charge on any atom is 0.319 e. The number of hydrogen-bond donors (Lipinski definition) is 1. The Kier molecular flexibility index (Phi) is 7.21. The van der Waals surface area contributed by atoms with Crippen LogP contribution in [0, 0.1) is 12.7 Å². The second-order valence-corrected chi connectivity index (χ2v) is 10.1. The molecule has 2 aromatic carbocycles. The lowest BCUT2D eigenvalue weighted by Crippen LogP contribution is -2.41. The van der Waals surface area contributed by atoms with Gasteiger partial charge >= 0.3 is 6.03 Å². The van der Waals surface area contributed by atoms with Crippen molar-refractivity contribution in [3.8, 4) is 11.3 Å². The molecule has 0 atom stereocenters. The number of benzene rings is 2. The Morgan fingerprint density at radius 2 is 1.85 bits per heavy atom. The number of nitrogens with zero attached hydrogens (tertiary/aromatic N) is 5. The van der Waals surface area contributed by atoms with Crippen molar-refractivity contribution in [1.82, 2.24) is 24.8 Å². The topological polar surface area (TPSA) is 85.4 Å². The van der Waals surface area contributed by atoms with Crippen LogP contribution in [-0.4, -0.2) is 63.9 Å². The zero-order chi connectivity index (χ0) is 28.6. The average Bonchev–Trinajstić information content (AvgIpc) is 3.39. The van der Waals surface area contributed by atoms with Crippen LogP contribution in [0.5, 0.6) is 0 Å². The molecule has 1 aliphatic rings. The third-order valence-corrected chi connectivity index (χ3v) is 7.08. The third kappa shape index (κ3) is 4.98. The van der Waals surface area contributed by atoms with E-state index in [1.54, 1.807) is 55.1 Å². The molecule has 0 unspecified atom stereocenters. The summed E-state index contributed by atoms with van der Waals surface area (Å²) in [5, 5.41) is 0.737. The molecular weight excluding hydrogens is 507 g/mol. The van der Waals surface area contributed by atoms with Gasteiger partial charge in [0.2, 0.25) is 0 Å². The van der Waals surface area contributed by atoms with Crippen molar-refractivity contribution < 1.29 is 14.0 Å². The van der Waals surface area contributed by atoms with E-state index in [2.05, 4.69) is 21.5 Å². The SMILES string of the molecule is C=C(C)N(C(=O)c1ccccc1)c1cc(F)cc(-c2ncnc3[nH]c(C4=CCN(C(=O)N(C)C)CC4)cc23)c1C. The van der Waals surface area contributed by atoms with E-state index in [4.69, 9.17) is 0 Å². The Hall–Kier alpha value is -4.79. The zero-order valence-corrected chi connectivity index (χ0v) is 23.0. The van der Waals surface area contributed by atoms with Gasteiger partial charge in [0.15, 0.2) is 0 Å². The monoisotopic (exact) mass is 538 g/mol. The van der Waals surface area contributed by atoms with E-state index >= 15 is 4.39 Å². The molecule has 4 aromatic rings. The molecule has 0 saturated carbocycles. The number of anilines is 1. The number of nitrogens with one attached hydrogen (secondary N) is 1. The summed E-state index contributed by atoms with van der Waals surface area (Å²) in [6.45, 7) is 8.69. The first-order chi connectivity index (χ1) is 19.2. The molecule has 2 aromatic heterocycles. The quantitative estimate of drug-likeness (QED) is 0.337. The predicted octanol–water partition coefficient (Wildman–Crippen LogP) is 6.02. The number of urea groups is 1. The van der Waals surface area contributed by atoms with E-state index in [9.17, 15) is 9.59 Å². The van der Waals surface area contributed by atoms with E-state index in [0.717, 1.165) is 16.7 Å². The molecular formula is C31H31FN6O2. The van der Waals surface area contributed by atoms with Crippen LogP contribution in [0.25, 0.3) is 27.9 Å². The maximum atomic E-state index is 15.2. The second-order valence-electron chi connectivity index (χ2n) is 10.1. The fraction of sp³-hybridized carbons (Fsp3) is 0.226. The molecule has 0 bridgehead atoms. The van der Waals surface area contributed by atoms with E-state index in [1.807, 2.05) is 25.1 Å². The first-order valence-electron chi connectivity index (χ1n) is 13.0. The summed E-state index contributed by atoms with van der Waals surface area (Å²) in [7, 11) is 3.48. The molecule has 3 amide bonds. The molecule has 40 heavy (non-hydrogen) atoms. The van der Waals surface area contributed by atoms with Gasteiger partial charge in [-0.25, -0.2) is 19.2 Å². The van der Waals surface area contributed by atoms with Gasteiger partial charge in [-0.3, -0.25) is 9.69 Å². The van der Waals surface area contributed by atoms with E-state index < -0.39 is 5.82 Å². The highest BCUT2D eigenvalue weighted by Crippen LogP contribution is 2.37. The van der Waals surface area contributed by atoms with Gasteiger partial charge in [0.25, 0.3) is 5.91 Å². The van der Waals surface area contributed by atoms with Crippen molar-refractivity contribution in [2.45, 2.75) is 20.3 Å². The molecule has 9 heteroatoms. The summed E-state index contributed by atoms with van der Waals surface area (Å²) in [5.41, 5.74) is 5.72. The summed E-state index contributed by atoms with van der Waals surface area (Å²) >= 11 is 0. The standard InChI is InChI=1S/C31H31FN6O2/c1-19(2)38(30(39)22-9-7-6-8-10-22)27-16-23(32)15-24(20(27)3)28-25-17-26(35-29(25)34-18-33-28)21-11-13-37(14-12-21)31(40)36(4)5/h6-11,15-18H,1,12-14H2,2-5H3,(H,33,34,35). The molecule has 8 nitrogen and oxygen atoms in total. The van der Waals surface area contributed by atoms with Crippen LogP contribution in [0.3, 0.4) is 0 Å². The minimum atomic E-state index is -0.495. The Balaban J connectivity index is 1.56. The number of aromatic nitrogens is 3. The van der Waals surface area contributed by atoms with E-state index in [-0.39, 0.29) is 11.9 Å². The molecule has 3 heterocycles. The van der Waals surface area contributed by atoms with Gasteiger partial charge in [-0.05, 0) is 61.7 Å². The Morgan fingerprint density at radius 3 is 2.50 bits per heavy atom. The highest BCUT2D eigenvalue weighted by molar-refractivity contribution is 6.09. The Bertz CT molecular complexity index is 1660. The van der Waals surface area contributed by atoms with Crippen molar-refractivity contribution in [1.29, 1.82) is 0 Å². The van der Waals surface area contributed by atoms with Gasteiger partial charge in [-0.2, -0.15) is 0 Å². The lowest BCUT2D eigenvalue weighted by atomic mass is 9.99. The number of carbonyl (C=O) groups excluding carboxylic acids is 2. The third-order valence-electron chi connectivity index (χ3n) is 7.08. The van der Waals surface area contributed by atoms with Gasteiger partial charge < -0.3 is 14.8 Å². The largest absolute Gasteiger partial charge is 0.339 e. The molecule has 0 saturated heterocycles. The summed E-state index contributed by atoms with van der Waals surface area (Å²) in [6.07, 6.45) is 4.17. The number of allylic oxidation sites excluding steroid dienone is 1. The molecule has 0 spiro atoms. The van der Waals surface area contributed by atoms with Gasteiger partial charge in [-0.1, -0.05) is 30.9 Å². The van der Waals surface area contributed by atoms with Crippen LogP contribution in [-0.2, 0) is 0 Å². The maximum absolute atomic E-state index is 15.2. The van der Waals surface area contributed by atoms with Crippen LogP contribution in [0.15, 0.2) is 73.2 Å². The van der Waals surface area contributed by atoms with Crippen LogP contribution in [0.1, 0.15) is 35.0 Å². The predicted molar refractivity (Wildman–Crippen MR) is 155 cm³/mol. The fourth-order valence-corrected chi connectivity index (χ4v) is 5.04. The number of amides is 3. The minimum absolute atomic E-state index is 0.0213. The summed E-state index contributed by atoms with van der Waals surface area (Å²) in [6, 6.07) is 13.6. The molecule has 5 rings (SSSR count). The van der Waals surface area contributed by atoms with Crippen molar-refractivity contribution in [3.63, 3.8) is 0 Å². The van der Waals surface area contributed by atoms with Gasteiger partial charge in [0.1, 0.15) is 17.8 Å². The summed E-state index contributed by atoms with van der Waals surface area (Å²) < 4.78 is 15.2. The molecule has 1 aliphatic heterocycles. The molecule has 0 radical (unpaired) electrons. The van der Waals surface area contributed by atoms with Crippen molar-refractivity contribution in [2.75, 3.05) is 32.1 Å². The molecule has 0 fully saturated rings. The van der Waals surface area contributed by atoms with Crippen molar-refractivity contribution >= 4 is 34.2 Å². The first kappa shape index (κ1) is 26.8. The first-order valence-corrected chi connectivity index (χ1v) is 13.0. The van der Waals surface area contributed by atoms with E-state index in [1.165, 1.54) is 23.4 Å². The number of hydrogen-bond acceptors (Lipinski definition) is 4. The lowest BCUT2D eigenvalue weighted by Gasteiger charge is -2.28. The van der Waals surface area contributed by atoms with Crippen LogP contribution >= 0.6 is 0 Å². The number of carbonyl (C=O) groups is 2. The molecule has 0 aliphatic carbocycles. The normalized spacial score (nSPS) is 13.2. The van der Waals surface area contributed by atoms with Crippen LogP contribution < -0.4 is 4.90 Å². The summed E-state index contributed by atoms with van der Waals surface area (Å²) in [5.74, 6) is -0.790. The molecule has 204 valence electrons. The number of halogens is 1. The lowest BCUT2D eigenvalue weighted by molar-refractivity contribution is 0.0995. The number of fused-ring (bicyclic) bond motifs is 1. The minimum Gasteiger partial charge on any atom is -0.339 e. The second kappa shape index (κ2) is 10.8. The highest BCUT2D eigenvalue weighted by atomic mass is 19.1. The fourth-order valence-electron chi connectivity index (χ4n) is 5.04. The number of rotatable bonds is 5. The van der Waals surface area contributed by atoms with E-state index in [0.29, 0.717) is 58.9 Å². The zero-order valence-electron chi connectivity index (χ0n) is 23.0. The number of aromatic amines is 1. The highest BCUT2D eigenvalue weighted by Gasteiger charge is 2.25. The van der Waals surface area contributed by atoms with Gasteiger partial charge in [0, 0.05) is 55.1 Å². The molecule has 1 N–H and O–H groups in total. The Labute approximate surface area is 232 Å². The summed E-state index contributed by atoms with van der Waals surface area (Å²) in [4.78, 5) is 42.9. The van der Waals surface area contributed by atoms with Gasteiger partial charge in [0.05, 0.1) is 11.4 Å². The van der Waals surface area contributed by atoms with Crippen molar-refractivity contribution in [2.24, 2.45) is 0 Å². The van der Waals surface area contributed by atoms with Crippen molar-refractivity contribution in [3.05, 3.63) is 95.8 Å². The Morgan fingerprint density at radius 1 is 1.10 bits per heavy atom. The van der Waals surface area contributed by atoms with Crippen LogP contribution in [0.2, 0.25) is 0 Å². The smallest absolute Gasteiger partial charge is 0.319 e. The van der Waals surface area contributed by atoms with Crippen LogP contribution in [0.4, 0.5) is 14.9 Å². The van der Waals surface area contributed by atoms with Gasteiger partial charge in [-0.15, -0.1) is 0 Å². The number of H-pyrrole nitrogens is 1.